The second-order valence-electron chi connectivity index (χ2n) is 6.74. The summed E-state index contributed by atoms with van der Waals surface area (Å²) in [6.45, 7) is 2.23. The molecular weight excluding hydrogens is 316 g/mol. The third-order valence-electron chi connectivity index (χ3n) is 4.64. The molecule has 25 heavy (non-hydrogen) atoms. The van der Waals surface area contributed by atoms with Crippen LogP contribution < -0.4 is 0 Å². The van der Waals surface area contributed by atoms with Crippen LogP contribution >= 0.6 is 0 Å². The molecule has 0 amide bonds. The molecule has 140 valence electrons. The molecule has 1 aromatic carbocycles. The average molecular weight is 348 g/mol. The lowest BCUT2D eigenvalue weighted by molar-refractivity contribution is 0.0650. The monoisotopic (exact) mass is 348 g/mol. The van der Waals surface area contributed by atoms with Crippen LogP contribution in [0.15, 0.2) is 18.2 Å². The molecular formula is C21H32O4. The molecule has 0 aliphatic carbocycles. The van der Waals surface area contributed by atoms with Crippen LogP contribution in [0.2, 0.25) is 0 Å². The minimum atomic E-state index is -1.18. The molecule has 0 radical (unpaired) electrons. The number of carboxylic acids is 2. The zero-order valence-electron chi connectivity index (χ0n) is 15.4. The Morgan fingerprint density at radius 1 is 0.760 bits per heavy atom. The van der Waals surface area contributed by atoms with E-state index in [1.165, 1.54) is 57.4 Å². The van der Waals surface area contributed by atoms with Gasteiger partial charge in [-0.3, -0.25) is 0 Å². The van der Waals surface area contributed by atoms with Crippen molar-refractivity contribution in [3.05, 3.63) is 34.9 Å². The molecule has 0 fully saturated rings. The van der Waals surface area contributed by atoms with Gasteiger partial charge >= 0.3 is 11.9 Å². The maximum absolute atomic E-state index is 11.4. The minimum absolute atomic E-state index is 0.0536. The number of carbonyl (C=O) groups is 2. The summed E-state index contributed by atoms with van der Waals surface area (Å²) in [6.07, 6.45) is 14.3. The van der Waals surface area contributed by atoms with E-state index in [0.29, 0.717) is 12.0 Å². The van der Waals surface area contributed by atoms with Crippen molar-refractivity contribution < 1.29 is 19.8 Å². The highest BCUT2D eigenvalue weighted by atomic mass is 16.4. The molecule has 4 heteroatoms. The molecule has 0 atom stereocenters. The Balaban J connectivity index is 2.25. The topological polar surface area (TPSA) is 74.6 Å². The molecule has 0 bridgehead atoms. The van der Waals surface area contributed by atoms with Crippen molar-refractivity contribution in [2.24, 2.45) is 0 Å². The molecule has 0 saturated carbocycles. The molecule has 0 heterocycles. The summed E-state index contributed by atoms with van der Waals surface area (Å²) < 4.78 is 0. The smallest absolute Gasteiger partial charge is 0.336 e. The predicted octanol–water partition coefficient (Wildman–Crippen LogP) is 5.94. The van der Waals surface area contributed by atoms with E-state index in [1.54, 1.807) is 12.1 Å². The van der Waals surface area contributed by atoms with Crippen molar-refractivity contribution >= 4 is 11.9 Å². The Hall–Kier alpha value is -1.84. The molecule has 0 saturated heterocycles. The first kappa shape index (κ1) is 21.2. The van der Waals surface area contributed by atoms with Crippen LogP contribution in [-0.2, 0) is 6.42 Å². The molecule has 0 aliphatic rings. The first-order chi connectivity index (χ1) is 12.1. The highest BCUT2D eigenvalue weighted by Gasteiger charge is 2.19. The summed E-state index contributed by atoms with van der Waals surface area (Å²) in [6, 6.07) is 4.71. The van der Waals surface area contributed by atoms with Crippen molar-refractivity contribution in [1.82, 2.24) is 0 Å². The first-order valence-electron chi connectivity index (χ1n) is 9.66. The largest absolute Gasteiger partial charge is 0.478 e. The van der Waals surface area contributed by atoms with Gasteiger partial charge in [0.2, 0.25) is 0 Å². The molecule has 0 unspecified atom stereocenters. The highest BCUT2D eigenvalue weighted by molar-refractivity contribution is 6.02. The van der Waals surface area contributed by atoms with Crippen LogP contribution in [0.4, 0.5) is 0 Å². The van der Waals surface area contributed by atoms with Crippen LogP contribution in [0.5, 0.6) is 0 Å². The first-order valence-corrected chi connectivity index (χ1v) is 9.66. The fourth-order valence-electron chi connectivity index (χ4n) is 3.22. The number of carboxylic acid groups (broad SMARTS) is 2. The van der Waals surface area contributed by atoms with E-state index in [2.05, 4.69) is 6.92 Å². The summed E-state index contributed by atoms with van der Waals surface area (Å²) >= 11 is 0. The van der Waals surface area contributed by atoms with Crippen LogP contribution in [0, 0.1) is 0 Å². The van der Waals surface area contributed by atoms with Gasteiger partial charge in [-0.1, -0.05) is 83.3 Å². The maximum atomic E-state index is 11.4. The van der Waals surface area contributed by atoms with E-state index in [0.717, 1.165) is 19.3 Å². The van der Waals surface area contributed by atoms with E-state index >= 15 is 0 Å². The van der Waals surface area contributed by atoms with Crippen LogP contribution in [0.3, 0.4) is 0 Å². The summed E-state index contributed by atoms with van der Waals surface area (Å²) in [4.78, 5) is 22.6. The van der Waals surface area contributed by atoms with E-state index in [9.17, 15) is 14.7 Å². The summed E-state index contributed by atoms with van der Waals surface area (Å²) in [5.74, 6) is -2.34. The van der Waals surface area contributed by atoms with Gasteiger partial charge in [0.1, 0.15) is 0 Å². The normalized spacial score (nSPS) is 10.8. The van der Waals surface area contributed by atoms with Crippen molar-refractivity contribution in [3.8, 4) is 0 Å². The van der Waals surface area contributed by atoms with Crippen LogP contribution in [-0.4, -0.2) is 22.2 Å². The fourth-order valence-corrected chi connectivity index (χ4v) is 3.22. The van der Waals surface area contributed by atoms with Crippen LogP contribution in [0.1, 0.15) is 104 Å². The molecule has 0 spiro atoms. The number of aryl methyl sites for hydroxylation is 1. The molecule has 4 nitrogen and oxygen atoms in total. The molecule has 1 aromatic rings. The third kappa shape index (κ3) is 8.19. The second-order valence-corrected chi connectivity index (χ2v) is 6.74. The van der Waals surface area contributed by atoms with E-state index in [-0.39, 0.29) is 11.1 Å². The van der Waals surface area contributed by atoms with Gasteiger partial charge in [-0.15, -0.1) is 0 Å². The van der Waals surface area contributed by atoms with Gasteiger partial charge in [-0.2, -0.15) is 0 Å². The number of aromatic carboxylic acids is 2. The van der Waals surface area contributed by atoms with Gasteiger partial charge in [0, 0.05) is 0 Å². The van der Waals surface area contributed by atoms with Gasteiger partial charge in [-0.05, 0) is 24.5 Å². The van der Waals surface area contributed by atoms with E-state index < -0.39 is 11.9 Å². The standard InChI is InChI=1S/C21H32O4/c1-2-3-4-5-6-7-8-9-10-11-12-14-17-15-13-16-18(20(22)23)19(17)21(24)25/h13,15-16H,2-12,14H2,1H3,(H,22,23)(H,24,25). The Labute approximate surface area is 151 Å². The van der Waals surface area contributed by atoms with Gasteiger partial charge in [0.25, 0.3) is 0 Å². The summed E-state index contributed by atoms with van der Waals surface area (Å²) in [7, 11) is 0. The lowest BCUT2D eigenvalue weighted by Crippen LogP contribution is -2.11. The van der Waals surface area contributed by atoms with Gasteiger partial charge in [-0.25, -0.2) is 9.59 Å². The zero-order valence-corrected chi connectivity index (χ0v) is 15.4. The van der Waals surface area contributed by atoms with Crippen molar-refractivity contribution in [2.45, 2.75) is 84.0 Å². The van der Waals surface area contributed by atoms with Crippen LogP contribution in [0.25, 0.3) is 0 Å². The molecule has 0 aliphatic heterocycles. The Morgan fingerprint density at radius 3 is 1.76 bits per heavy atom. The highest BCUT2D eigenvalue weighted by Crippen LogP contribution is 2.19. The molecule has 2 N–H and O–H groups in total. The predicted molar refractivity (Wildman–Crippen MR) is 101 cm³/mol. The fraction of sp³-hybridized carbons (Fsp3) is 0.619. The third-order valence-corrected chi connectivity index (χ3v) is 4.64. The minimum Gasteiger partial charge on any atom is -0.478 e. The molecule has 1 rings (SSSR count). The summed E-state index contributed by atoms with van der Waals surface area (Å²) in [5.41, 5.74) is 0.457. The van der Waals surface area contributed by atoms with Gasteiger partial charge < -0.3 is 10.2 Å². The number of benzene rings is 1. The number of hydrogen-bond acceptors (Lipinski definition) is 2. The molecule has 0 aromatic heterocycles. The average Bonchev–Trinajstić information content (AvgIpc) is 2.59. The lowest BCUT2D eigenvalue weighted by atomic mass is 9.96. The Kier molecular flexibility index (Phi) is 10.6. The number of unbranched alkanes of at least 4 members (excludes halogenated alkanes) is 10. The Morgan fingerprint density at radius 2 is 1.28 bits per heavy atom. The SMILES string of the molecule is CCCCCCCCCCCCCc1cccc(C(=O)O)c1C(=O)O. The van der Waals surface area contributed by atoms with Gasteiger partial charge in [0.15, 0.2) is 0 Å². The lowest BCUT2D eigenvalue weighted by Gasteiger charge is -2.09. The second kappa shape index (κ2) is 12.5. The number of rotatable bonds is 14. The van der Waals surface area contributed by atoms with E-state index in [4.69, 9.17) is 5.11 Å². The number of hydrogen-bond donors (Lipinski definition) is 2. The summed E-state index contributed by atoms with van der Waals surface area (Å²) in [5, 5.41) is 18.4. The Bertz CT molecular complexity index is 537. The quantitative estimate of drug-likeness (QED) is 0.408. The maximum Gasteiger partial charge on any atom is 0.336 e. The van der Waals surface area contributed by atoms with Gasteiger partial charge in [0.05, 0.1) is 11.1 Å². The van der Waals surface area contributed by atoms with Crippen molar-refractivity contribution in [2.75, 3.05) is 0 Å². The van der Waals surface area contributed by atoms with E-state index in [1.807, 2.05) is 0 Å². The van der Waals surface area contributed by atoms with Crippen molar-refractivity contribution in [1.29, 1.82) is 0 Å². The zero-order chi connectivity index (χ0) is 18.5. The van der Waals surface area contributed by atoms with Crippen molar-refractivity contribution in [3.63, 3.8) is 0 Å².